The van der Waals surface area contributed by atoms with E-state index in [0.29, 0.717) is 22.9 Å². The van der Waals surface area contributed by atoms with Crippen LogP contribution < -0.4 is 5.73 Å². The van der Waals surface area contributed by atoms with E-state index < -0.39 is 17.8 Å². The van der Waals surface area contributed by atoms with Crippen LogP contribution in [0.2, 0.25) is 0 Å². The van der Waals surface area contributed by atoms with Gasteiger partial charge in [-0.3, -0.25) is 0 Å². The summed E-state index contributed by atoms with van der Waals surface area (Å²) in [6.45, 7) is -0.0200. The van der Waals surface area contributed by atoms with Gasteiger partial charge in [0.1, 0.15) is 0 Å². The largest absolute Gasteiger partial charge is 0.416 e. The SMILES string of the molecule is Cl.N[C@@H](CCCO)c1cc(Br)cc(C(F)(F)F)c1. The number of hydrogen-bond donors (Lipinski definition) is 2. The molecule has 0 amide bonds. The number of nitrogens with two attached hydrogens (primary N) is 1. The minimum atomic E-state index is -4.38. The van der Waals surface area contributed by atoms with E-state index in [1.165, 1.54) is 0 Å². The van der Waals surface area contributed by atoms with Gasteiger partial charge in [-0.1, -0.05) is 15.9 Å². The molecule has 104 valence electrons. The quantitative estimate of drug-likeness (QED) is 0.872. The van der Waals surface area contributed by atoms with E-state index in [1.807, 2.05) is 0 Å². The van der Waals surface area contributed by atoms with Crippen LogP contribution in [0.4, 0.5) is 13.2 Å². The smallest absolute Gasteiger partial charge is 0.396 e. The Labute approximate surface area is 118 Å². The average molecular weight is 349 g/mol. The van der Waals surface area contributed by atoms with Gasteiger partial charge in [0.15, 0.2) is 0 Å². The highest BCUT2D eigenvalue weighted by Crippen LogP contribution is 2.33. The van der Waals surface area contributed by atoms with Crippen molar-refractivity contribution in [3.8, 4) is 0 Å². The van der Waals surface area contributed by atoms with Gasteiger partial charge in [-0.25, -0.2) is 0 Å². The Morgan fingerprint density at radius 2 is 1.89 bits per heavy atom. The van der Waals surface area contributed by atoms with Crippen LogP contribution in [-0.2, 0) is 6.18 Å². The van der Waals surface area contributed by atoms with Gasteiger partial charge in [-0.05, 0) is 36.6 Å². The highest BCUT2D eigenvalue weighted by atomic mass is 79.9. The summed E-state index contributed by atoms with van der Waals surface area (Å²) < 4.78 is 38.0. The Morgan fingerprint density at radius 3 is 2.39 bits per heavy atom. The summed E-state index contributed by atoms with van der Waals surface area (Å²) in [6.07, 6.45) is -3.46. The fourth-order valence-electron chi connectivity index (χ4n) is 1.47. The van der Waals surface area contributed by atoms with Crippen LogP contribution in [0.1, 0.15) is 30.0 Å². The standard InChI is InChI=1S/C11H13BrF3NO.ClH/c12-9-5-7(10(16)2-1-3-17)4-8(6-9)11(13,14)15;/h4-6,10,17H,1-3,16H2;1H/t10-;/m0./s1. The van der Waals surface area contributed by atoms with Crippen molar-refractivity contribution < 1.29 is 18.3 Å². The van der Waals surface area contributed by atoms with E-state index in [9.17, 15) is 13.2 Å². The molecule has 0 radical (unpaired) electrons. The second-order valence-electron chi connectivity index (χ2n) is 3.74. The third-order valence-corrected chi connectivity index (χ3v) is 2.81. The molecule has 0 saturated heterocycles. The summed E-state index contributed by atoms with van der Waals surface area (Å²) in [5.41, 5.74) is 5.46. The van der Waals surface area contributed by atoms with Gasteiger partial charge in [0.25, 0.3) is 0 Å². The molecular weight excluding hydrogens is 334 g/mol. The zero-order valence-corrected chi connectivity index (χ0v) is 11.8. The van der Waals surface area contributed by atoms with Crippen LogP contribution in [0.5, 0.6) is 0 Å². The molecule has 0 bridgehead atoms. The first-order chi connectivity index (χ1) is 7.84. The number of hydrogen-bond acceptors (Lipinski definition) is 2. The third kappa shape index (κ3) is 5.14. The normalized spacial score (nSPS) is 13.0. The summed E-state index contributed by atoms with van der Waals surface area (Å²) in [7, 11) is 0. The number of aliphatic hydroxyl groups is 1. The fourth-order valence-corrected chi connectivity index (χ4v) is 1.98. The van der Waals surface area contributed by atoms with Crippen molar-refractivity contribution in [1.29, 1.82) is 0 Å². The van der Waals surface area contributed by atoms with Crippen molar-refractivity contribution in [2.24, 2.45) is 5.73 Å². The van der Waals surface area contributed by atoms with Gasteiger partial charge in [-0.2, -0.15) is 13.2 Å². The molecule has 1 aromatic rings. The highest BCUT2D eigenvalue weighted by Gasteiger charge is 2.31. The lowest BCUT2D eigenvalue weighted by atomic mass is 10.0. The van der Waals surface area contributed by atoms with E-state index in [4.69, 9.17) is 10.8 Å². The first-order valence-corrected chi connectivity index (χ1v) is 5.88. The number of alkyl halides is 3. The second-order valence-corrected chi connectivity index (χ2v) is 4.66. The molecule has 1 atom stereocenters. The molecule has 0 aliphatic carbocycles. The minimum absolute atomic E-state index is 0. The Hall–Kier alpha value is -0.300. The van der Waals surface area contributed by atoms with Crippen LogP contribution >= 0.6 is 28.3 Å². The molecule has 0 aliphatic rings. The van der Waals surface area contributed by atoms with Crippen LogP contribution in [0.25, 0.3) is 0 Å². The topological polar surface area (TPSA) is 46.2 Å². The lowest BCUT2D eigenvalue weighted by molar-refractivity contribution is -0.137. The van der Waals surface area contributed by atoms with Crippen molar-refractivity contribution in [2.45, 2.75) is 25.1 Å². The Bertz CT molecular complexity index is 387. The van der Waals surface area contributed by atoms with E-state index in [2.05, 4.69) is 15.9 Å². The van der Waals surface area contributed by atoms with Gasteiger partial charge in [0.2, 0.25) is 0 Å². The van der Waals surface area contributed by atoms with Crippen LogP contribution in [0.3, 0.4) is 0 Å². The van der Waals surface area contributed by atoms with Crippen LogP contribution in [0.15, 0.2) is 22.7 Å². The first kappa shape index (κ1) is 17.7. The molecular formula is C11H14BrClF3NO. The number of halogens is 5. The maximum atomic E-state index is 12.6. The molecule has 0 spiro atoms. The van der Waals surface area contributed by atoms with Crippen molar-refractivity contribution >= 4 is 28.3 Å². The Kier molecular flexibility index (Phi) is 7.21. The summed E-state index contributed by atoms with van der Waals surface area (Å²) in [5.74, 6) is 0. The molecule has 18 heavy (non-hydrogen) atoms. The van der Waals surface area contributed by atoms with Gasteiger partial charge >= 0.3 is 6.18 Å². The molecule has 0 aromatic heterocycles. The maximum Gasteiger partial charge on any atom is 0.416 e. The predicted molar refractivity (Wildman–Crippen MR) is 69.6 cm³/mol. The molecule has 0 aliphatic heterocycles. The van der Waals surface area contributed by atoms with Crippen molar-refractivity contribution in [3.63, 3.8) is 0 Å². The van der Waals surface area contributed by atoms with Gasteiger partial charge in [0, 0.05) is 17.1 Å². The Morgan fingerprint density at radius 1 is 1.28 bits per heavy atom. The average Bonchev–Trinajstić information content (AvgIpc) is 2.23. The summed E-state index contributed by atoms with van der Waals surface area (Å²) in [4.78, 5) is 0. The first-order valence-electron chi connectivity index (χ1n) is 5.08. The lowest BCUT2D eigenvalue weighted by Crippen LogP contribution is -2.13. The fraction of sp³-hybridized carbons (Fsp3) is 0.455. The molecule has 2 nitrogen and oxygen atoms in total. The van der Waals surface area contributed by atoms with Gasteiger partial charge < -0.3 is 10.8 Å². The van der Waals surface area contributed by atoms with Crippen molar-refractivity contribution in [3.05, 3.63) is 33.8 Å². The van der Waals surface area contributed by atoms with Gasteiger partial charge in [-0.15, -0.1) is 12.4 Å². The molecule has 0 unspecified atom stereocenters. The van der Waals surface area contributed by atoms with Crippen LogP contribution in [0, 0.1) is 0 Å². The summed E-state index contributed by atoms with van der Waals surface area (Å²) >= 11 is 3.04. The minimum Gasteiger partial charge on any atom is -0.396 e. The van der Waals surface area contributed by atoms with Crippen molar-refractivity contribution in [2.75, 3.05) is 6.61 Å². The number of rotatable bonds is 4. The second kappa shape index (κ2) is 7.33. The molecule has 3 N–H and O–H groups in total. The summed E-state index contributed by atoms with van der Waals surface area (Å²) in [6, 6.07) is 3.13. The Balaban J connectivity index is 0.00000289. The van der Waals surface area contributed by atoms with Crippen molar-refractivity contribution in [1.82, 2.24) is 0 Å². The van der Waals surface area contributed by atoms with E-state index in [1.54, 1.807) is 6.07 Å². The monoisotopic (exact) mass is 347 g/mol. The summed E-state index contributed by atoms with van der Waals surface area (Å²) in [5, 5.41) is 8.66. The van der Waals surface area contributed by atoms with Crippen LogP contribution in [-0.4, -0.2) is 11.7 Å². The van der Waals surface area contributed by atoms with Gasteiger partial charge in [0.05, 0.1) is 5.56 Å². The zero-order chi connectivity index (χ0) is 13.1. The van der Waals surface area contributed by atoms with E-state index >= 15 is 0 Å². The molecule has 0 fully saturated rings. The molecule has 1 rings (SSSR count). The van der Waals surface area contributed by atoms with E-state index in [-0.39, 0.29) is 19.0 Å². The molecule has 1 aromatic carbocycles. The number of benzene rings is 1. The molecule has 0 heterocycles. The van der Waals surface area contributed by atoms with E-state index in [0.717, 1.165) is 12.1 Å². The molecule has 0 saturated carbocycles. The lowest BCUT2D eigenvalue weighted by Gasteiger charge is -2.15. The molecule has 7 heteroatoms. The highest BCUT2D eigenvalue weighted by molar-refractivity contribution is 9.10. The third-order valence-electron chi connectivity index (χ3n) is 2.35. The zero-order valence-electron chi connectivity index (χ0n) is 9.38. The maximum absolute atomic E-state index is 12.6. The predicted octanol–water partition coefficient (Wildman–Crippen LogP) is 3.66. The number of aliphatic hydroxyl groups excluding tert-OH is 1.